The van der Waals surface area contributed by atoms with E-state index in [2.05, 4.69) is 4.99 Å². The van der Waals surface area contributed by atoms with Crippen LogP contribution in [0.5, 0.6) is 0 Å². The summed E-state index contributed by atoms with van der Waals surface area (Å²) in [5.74, 6) is -0.794. The van der Waals surface area contributed by atoms with Crippen LogP contribution in [-0.2, 0) is 14.3 Å². The number of benzene rings is 3. The summed E-state index contributed by atoms with van der Waals surface area (Å²) in [6.07, 6.45) is 1.53. The van der Waals surface area contributed by atoms with E-state index in [4.69, 9.17) is 9.47 Å². The molecule has 0 fully saturated rings. The summed E-state index contributed by atoms with van der Waals surface area (Å²) < 4.78 is 10.1. The van der Waals surface area contributed by atoms with Crippen LogP contribution in [0.1, 0.15) is 21.5 Å². The van der Waals surface area contributed by atoms with Crippen LogP contribution in [0.3, 0.4) is 0 Å². The SMILES string of the molecule is COC(=O)c1ccccc1/C=C1\N=C(c2ccc3ccccc3c2)OC1=O. The number of aliphatic imine (C=N–C) groups is 1. The van der Waals surface area contributed by atoms with Gasteiger partial charge in [0.05, 0.1) is 12.7 Å². The predicted molar refractivity (Wildman–Crippen MR) is 102 cm³/mol. The standard InChI is InChI=1S/C22H15NO4/c1-26-21(24)18-9-5-4-8-16(18)13-19-22(25)27-20(23-19)17-11-10-14-6-2-3-7-15(14)12-17/h2-13H,1H3/b19-13-. The Morgan fingerprint density at radius 3 is 2.56 bits per heavy atom. The first-order valence-electron chi connectivity index (χ1n) is 8.35. The highest BCUT2D eigenvalue weighted by molar-refractivity contribution is 6.14. The van der Waals surface area contributed by atoms with Gasteiger partial charge in [-0.25, -0.2) is 14.6 Å². The fourth-order valence-corrected chi connectivity index (χ4v) is 2.92. The zero-order chi connectivity index (χ0) is 18.8. The van der Waals surface area contributed by atoms with Gasteiger partial charge in [-0.2, -0.15) is 0 Å². The number of rotatable bonds is 3. The van der Waals surface area contributed by atoms with Crippen LogP contribution >= 0.6 is 0 Å². The molecular weight excluding hydrogens is 342 g/mol. The Hall–Kier alpha value is -3.73. The van der Waals surface area contributed by atoms with Crippen molar-refractivity contribution in [3.05, 3.63) is 89.1 Å². The molecule has 0 N–H and O–H groups in total. The summed E-state index contributed by atoms with van der Waals surface area (Å²) in [5, 5.41) is 2.12. The van der Waals surface area contributed by atoms with Gasteiger partial charge in [0.15, 0.2) is 5.70 Å². The summed E-state index contributed by atoms with van der Waals surface area (Å²) in [6.45, 7) is 0. The highest BCUT2D eigenvalue weighted by atomic mass is 16.6. The number of cyclic esters (lactones) is 1. The zero-order valence-electron chi connectivity index (χ0n) is 14.5. The molecule has 0 bridgehead atoms. The third-order valence-corrected chi connectivity index (χ3v) is 4.28. The maximum atomic E-state index is 12.3. The number of hydrogen-bond donors (Lipinski definition) is 0. The average molecular weight is 357 g/mol. The fraction of sp³-hybridized carbons (Fsp3) is 0.0455. The highest BCUT2D eigenvalue weighted by Gasteiger charge is 2.25. The van der Waals surface area contributed by atoms with Crippen molar-refractivity contribution in [2.24, 2.45) is 4.99 Å². The molecular formula is C22H15NO4. The Kier molecular flexibility index (Phi) is 4.26. The van der Waals surface area contributed by atoms with Crippen molar-refractivity contribution in [2.45, 2.75) is 0 Å². The third-order valence-electron chi connectivity index (χ3n) is 4.28. The zero-order valence-corrected chi connectivity index (χ0v) is 14.5. The van der Waals surface area contributed by atoms with Gasteiger partial charge in [-0.05, 0) is 40.6 Å². The monoisotopic (exact) mass is 357 g/mol. The van der Waals surface area contributed by atoms with Crippen molar-refractivity contribution < 1.29 is 19.1 Å². The summed E-state index contributed by atoms with van der Waals surface area (Å²) >= 11 is 0. The second-order valence-electron chi connectivity index (χ2n) is 5.98. The van der Waals surface area contributed by atoms with Crippen molar-refractivity contribution in [3.63, 3.8) is 0 Å². The van der Waals surface area contributed by atoms with E-state index < -0.39 is 11.9 Å². The van der Waals surface area contributed by atoms with Gasteiger partial charge in [0.25, 0.3) is 0 Å². The topological polar surface area (TPSA) is 65.0 Å². The molecule has 1 heterocycles. The molecule has 4 rings (SSSR count). The number of fused-ring (bicyclic) bond motifs is 1. The minimum atomic E-state index is -0.558. The minimum Gasteiger partial charge on any atom is -0.465 e. The van der Waals surface area contributed by atoms with Gasteiger partial charge in [-0.3, -0.25) is 0 Å². The van der Waals surface area contributed by atoms with Crippen LogP contribution in [-0.4, -0.2) is 24.9 Å². The molecule has 0 aromatic heterocycles. The predicted octanol–water partition coefficient (Wildman–Crippen LogP) is 3.97. The van der Waals surface area contributed by atoms with Crippen molar-refractivity contribution >= 4 is 34.7 Å². The molecule has 0 atom stereocenters. The molecule has 0 spiro atoms. The molecule has 5 heteroatoms. The van der Waals surface area contributed by atoms with E-state index >= 15 is 0 Å². The second-order valence-corrected chi connectivity index (χ2v) is 5.98. The van der Waals surface area contributed by atoms with Crippen molar-refractivity contribution in [2.75, 3.05) is 7.11 Å². The van der Waals surface area contributed by atoms with Crippen LogP contribution in [0.2, 0.25) is 0 Å². The number of hydrogen-bond acceptors (Lipinski definition) is 5. The van der Waals surface area contributed by atoms with E-state index in [9.17, 15) is 9.59 Å². The molecule has 0 saturated heterocycles. The van der Waals surface area contributed by atoms with E-state index in [1.165, 1.54) is 13.2 Å². The van der Waals surface area contributed by atoms with Crippen molar-refractivity contribution in [1.82, 2.24) is 0 Å². The molecule has 0 radical (unpaired) electrons. The molecule has 0 aliphatic carbocycles. The molecule has 3 aromatic carbocycles. The summed E-state index contributed by atoms with van der Waals surface area (Å²) in [4.78, 5) is 28.5. The summed E-state index contributed by atoms with van der Waals surface area (Å²) in [6, 6.07) is 20.5. The van der Waals surface area contributed by atoms with Gasteiger partial charge in [-0.15, -0.1) is 0 Å². The number of ether oxygens (including phenoxy) is 2. The molecule has 0 amide bonds. The quantitative estimate of drug-likeness (QED) is 0.525. The summed E-state index contributed by atoms with van der Waals surface area (Å²) in [5.41, 5.74) is 1.75. The Morgan fingerprint density at radius 1 is 1.00 bits per heavy atom. The van der Waals surface area contributed by atoms with Gasteiger partial charge in [0.1, 0.15) is 0 Å². The molecule has 1 aliphatic heterocycles. The van der Waals surface area contributed by atoms with E-state index in [-0.39, 0.29) is 11.6 Å². The largest absolute Gasteiger partial charge is 0.465 e. The number of carbonyl (C=O) groups is 2. The number of carbonyl (C=O) groups excluding carboxylic acids is 2. The Labute approximate surface area is 155 Å². The van der Waals surface area contributed by atoms with Gasteiger partial charge < -0.3 is 9.47 Å². The lowest BCUT2D eigenvalue weighted by atomic mass is 10.1. The second kappa shape index (κ2) is 6.88. The fourth-order valence-electron chi connectivity index (χ4n) is 2.92. The molecule has 27 heavy (non-hydrogen) atoms. The van der Waals surface area contributed by atoms with Gasteiger partial charge in [0, 0.05) is 5.56 Å². The lowest BCUT2D eigenvalue weighted by Gasteiger charge is -2.03. The number of methoxy groups -OCH3 is 1. The van der Waals surface area contributed by atoms with E-state index in [0.717, 1.165) is 10.8 Å². The highest BCUT2D eigenvalue weighted by Crippen LogP contribution is 2.23. The van der Waals surface area contributed by atoms with Crippen LogP contribution in [0.15, 0.2) is 77.4 Å². The van der Waals surface area contributed by atoms with Crippen LogP contribution < -0.4 is 0 Å². The Bertz CT molecular complexity index is 1130. The van der Waals surface area contributed by atoms with Crippen LogP contribution in [0, 0.1) is 0 Å². The maximum Gasteiger partial charge on any atom is 0.363 e. The lowest BCUT2D eigenvalue weighted by molar-refractivity contribution is -0.129. The van der Waals surface area contributed by atoms with E-state index in [1.807, 2.05) is 42.5 Å². The third kappa shape index (κ3) is 3.22. The van der Waals surface area contributed by atoms with Crippen molar-refractivity contribution in [3.8, 4) is 0 Å². The Balaban J connectivity index is 1.73. The van der Waals surface area contributed by atoms with E-state index in [1.54, 1.807) is 24.3 Å². The van der Waals surface area contributed by atoms with Crippen LogP contribution in [0.4, 0.5) is 0 Å². The van der Waals surface area contributed by atoms with Crippen molar-refractivity contribution in [1.29, 1.82) is 0 Å². The molecule has 0 saturated carbocycles. The molecule has 3 aromatic rings. The molecule has 1 aliphatic rings. The minimum absolute atomic E-state index is 0.134. The maximum absolute atomic E-state index is 12.3. The Morgan fingerprint density at radius 2 is 1.74 bits per heavy atom. The average Bonchev–Trinajstić information content (AvgIpc) is 3.08. The number of nitrogens with zero attached hydrogens (tertiary/aromatic N) is 1. The first-order valence-corrected chi connectivity index (χ1v) is 8.35. The first kappa shape index (κ1) is 16.7. The van der Waals surface area contributed by atoms with Gasteiger partial charge >= 0.3 is 11.9 Å². The summed E-state index contributed by atoms with van der Waals surface area (Å²) in [7, 11) is 1.31. The molecule has 0 unspecified atom stereocenters. The smallest absolute Gasteiger partial charge is 0.363 e. The van der Waals surface area contributed by atoms with Gasteiger partial charge in [0.2, 0.25) is 5.90 Å². The van der Waals surface area contributed by atoms with Gasteiger partial charge in [-0.1, -0.05) is 48.5 Å². The number of esters is 2. The van der Waals surface area contributed by atoms with Crippen LogP contribution in [0.25, 0.3) is 16.8 Å². The normalized spacial score (nSPS) is 14.9. The van der Waals surface area contributed by atoms with E-state index in [0.29, 0.717) is 16.7 Å². The first-order chi connectivity index (χ1) is 13.2. The lowest BCUT2D eigenvalue weighted by Crippen LogP contribution is -2.06. The molecule has 132 valence electrons. The molecule has 5 nitrogen and oxygen atoms in total.